The molecule has 0 spiro atoms. The molecule has 4 rings (SSSR count). The van der Waals surface area contributed by atoms with E-state index in [9.17, 15) is 22.8 Å². The molecule has 0 radical (unpaired) electrons. The summed E-state index contributed by atoms with van der Waals surface area (Å²) in [6.07, 6.45) is -4.45. The molecular formula is C20H14BrF3N4O3. The minimum atomic E-state index is -4.45. The number of aromatic nitrogens is 2. The van der Waals surface area contributed by atoms with Gasteiger partial charge in [0.1, 0.15) is 12.1 Å². The summed E-state index contributed by atoms with van der Waals surface area (Å²) in [5, 5.41) is 6.41. The Balaban J connectivity index is 1.54. The second-order valence-electron chi connectivity index (χ2n) is 7.01. The molecule has 1 aliphatic heterocycles. The summed E-state index contributed by atoms with van der Waals surface area (Å²) in [4.78, 5) is 30.6. The van der Waals surface area contributed by atoms with Gasteiger partial charge in [-0.2, -0.15) is 18.2 Å². The molecule has 0 aliphatic carbocycles. The highest BCUT2D eigenvalue weighted by atomic mass is 79.9. The van der Waals surface area contributed by atoms with Crippen LogP contribution in [0.25, 0.3) is 11.4 Å². The first-order valence-corrected chi connectivity index (χ1v) is 9.78. The minimum absolute atomic E-state index is 0.0326. The van der Waals surface area contributed by atoms with E-state index in [0.717, 1.165) is 17.0 Å². The molecule has 0 saturated carbocycles. The molecule has 0 bridgehead atoms. The van der Waals surface area contributed by atoms with Gasteiger partial charge in [0.25, 0.3) is 5.91 Å². The predicted octanol–water partition coefficient (Wildman–Crippen LogP) is 4.49. The van der Waals surface area contributed by atoms with Crippen molar-refractivity contribution in [3.05, 3.63) is 70.0 Å². The third-order valence-corrected chi connectivity index (χ3v) is 5.61. The van der Waals surface area contributed by atoms with E-state index in [1.807, 2.05) is 0 Å². The number of hydrogen-bond donors (Lipinski definition) is 1. The molecule has 3 amide bonds. The fourth-order valence-electron chi connectivity index (χ4n) is 3.27. The number of rotatable bonds is 4. The molecule has 2 aromatic carbocycles. The summed E-state index contributed by atoms with van der Waals surface area (Å²) in [7, 11) is 0. The molecule has 1 atom stereocenters. The fourth-order valence-corrected chi connectivity index (χ4v) is 3.95. The summed E-state index contributed by atoms with van der Waals surface area (Å²) in [5.74, 6) is -0.488. The quantitative estimate of drug-likeness (QED) is 0.540. The van der Waals surface area contributed by atoms with Crippen LogP contribution in [0, 0.1) is 0 Å². The highest BCUT2D eigenvalue weighted by Gasteiger charge is 2.50. The number of urea groups is 1. The highest BCUT2D eigenvalue weighted by Crippen LogP contribution is 2.34. The monoisotopic (exact) mass is 494 g/mol. The van der Waals surface area contributed by atoms with Crippen LogP contribution in [-0.4, -0.2) is 27.0 Å². The molecule has 1 fully saturated rings. The maximum absolute atomic E-state index is 13.0. The second-order valence-corrected chi connectivity index (χ2v) is 7.87. The van der Waals surface area contributed by atoms with Gasteiger partial charge in [0.15, 0.2) is 0 Å². The van der Waals surface area contributed by atoms with E-state index in [1.165, 1.54) is 12.1 Å². The largest absolute Gasteiger partial charge is 0.416 e. The van der Waals surface area contributed by atoms with Crippen molar-refractivity contribution in [2.24, 2.45) is 0 Å². The van der Waals surface area contributed by atoms with Crippen molar-refractivity contribution in [1.29, 1.82) is 0 Å². The molecule has 7 nitrogen and oxygen atoms in total. The zero-order valence-electron chi connectivity index (χ0n) is 15.9. The Hall–Kier alpha value is -3.21. The molecule has 31 heavy (non-hydrogen) atoms. The third-order valence-electron chi connectivity index (χ3n) is 4.92. The number of carbonyl (C=O) groups is 2. The molecule has 1 saturated heterocycles. The molecule has 1 unspecified atom stereocenters. The number of benzene rings is 2. The molecule has 1 aromatic heterocycles. The lowest BCUT2D eigenvalue weighted by Gasteiger charge is -2.23. The molecule has 3 aromatic rings. The minimum Gasteiger partial charge on any atom is -0.337 e. The van der Waals surface area contributed by atoms with Gasteiger partial charge in [-0.3, -0.25) is 9.69 Å². The normalized spacial score (nSPS) is 19.1. The van der Waals surface area contributed by atoms with Gasteiger partial charge in [-0.25, -0.2) is 4.79 Å². The number of amides is 3. The average molecular weight is 495 g/mol. The lowest BCUT2D eigenvalue weighted by Crippen LogP contribution is -2.41. The van der Waals surface area contributed by atoms with Crippen LogP contribution in [0.5, 0.6) is 0 Å². The second kappa shape index (κ2) is 7.49. The van der Waals surface area contributed by atoms with E-state index >= 15 is 0 Å². The summed E-state index contributed by atoms with van der Waals surface area (Å²) >= 11 is 3.39. The van der Waals surface area contributed by atoms with Crippen LogP contribution >= 0.6 is 15.9 Å². The summed E-state index contributed by atoms with van der Waals surface area (Å²) in [5.41, 5.74) is -1.19. The van der Waals surface area contributed by atoms with Crippen molar-refractivity contribution in [1.82, 2.24) is 20.4 Å². The maximum Gasteiger partial charge on any atom is 0.416 e. The first-order valence-electron chi connectivity index (χ1n) is 8.99. The van der Waals surface area contributed by atoms with Crippen LogP contribution in [0.2, 0.25) is 0 Å². The van der Waals surface area contributed by atoms with E-state index in [0.29, 0.717) is 15.6 Å². The summed E-state index contributed by atoms with van der Waals surface area (Å²) in [6, 6.07) is 10.6. The Bertz CT molecular complexity index is 1160. The van der Waals surface area contributed by atoms with E-state index in [-0.39, 0.29) is 18.3 Å². The average Bonchev–Trinajstić information content (AvgIpc) is 3.27. The molecule has 1 N–H and O–H groups in total. The van der Waals surface area contributed by atoms with Gasteiger partial charge in [0.2, 0.25) is 11.7 Å². The van der Waals surface area contributed by atoms with Gasteiger partial charge in [0.05, 0.1) is 5.56 Å². The smallest absolute Gasteiger partial charge is 0.337 e. The Kier molecular flexibility index (Phi) is 5.08. The first kappa shape index (κ1) is 21.0. The lowest BCUT2D eigenvalue weighted by molar-refractivity contribution is -0.137. The van der Waals surface area contributed by atoms with E-state index in [4.69, 9.17) is 4.52 Å². The van der Waals surface area contributed by atoms with Crippen molar-refractivity contribution in [3.63, 3.8) is 0 Å². The number of carbonyl (C=O) groups excluding carboxylic acids is 2. The third kappa shape index (κ3) is 3.80. The van der Waals surface area contributed by atoms with Crippen LogP contribution in [0.15, 0.2) is 57.5 Å². The van der Waals surface area contributed by atoms with Crippen molar-refractivity contribution in [3.8, 4) is 11.4 Å². The Morgan fingerprint density at radius 2 is 1.81 bits per heavy atom. The van der Waals surface area contributed by atoms with E-state index < -0.39 is 29.2 Å². The van der Waals surface area contributed by atoms with Gasteiger partial charge in [-0.05, 0) is 25.1 Å². The van der Waals surface area contributed by atoms with E-state index in [2.05, 4.69) is 31.4 Å². The zero-order chi connectivity index (χ0) is 22.4. The molecule has 2 heterocycles. The van der Waals surface area contributed by atoms with Crippen LogP contribution in [-0.2, 0) is 23.1 Å². The zero-order valence-corrected chi connectivity index (χ0v) is 17.5. The SMILES string of the molecule is CC1(c2ccccc2Br)NC(=O)N(Cc2nc(-c3ccc(C(F)(F)F)cc3)no2)C1=O. The Labute approximate surface area is 182 Å². The topological polar surface area (TPSA) is 88.3 Å². The van der Waals surface area contributed by atoms with Gasteiger partial charge in [-0.1, -0.05) is 51.4 Å². The van der Waals surface area contributed by atoms with Crippen molar-refractivity contribution in [2.45, 2.75) is 25.2 Å². The van der Waals surface area contributed by atoms with Gasteiger partial charge in [0, 0.05) is 15.6 Å². The van der Waals surface area contributed by atoms with Crippen molar-refractivity contribution in [2.75, 3.05) is 0 Å². The van der Waals surface area contributed by atoms with Crippen molar-refractivity contribution < 1.29 is 27.3 Å². The van der Waals surface area contributed by atoms with E-state index in [1.54, 1.807) is 31.2 Å². The Morgan fingerprint density at radius 3 is 2.45 bits per heavy atom. The number of nitrogens with one attached hydrogen (secondary N) is 1. The predicted molar refractivity (Wildman–Crippen MR) is 105 cm³/mol. The molecular weight excluding hydrogens is 481 g/mol. The van der Waals surface area contributed by atoms with Crippen LogP contribution < -0.4 is 5.32 Å². The maximum atomic E-state index is 13.0. The van der Waals surface area contributed by atoms with Gasteiger partial charge >= 0.3 is 12.2 Å². The first-order chi connectivity index (χ1) is 14.6. The van der Waals surface area contributed by atoms with Crippen LogP contribution in [0.4, 0.5) is 18.0 Å². The summed E-state index contributed by atoms with van der Waals surface area (Å²) < 4.78 is 43.9. The van der Waals surface area contributed by atoms with Gasteiger partial charge in [-0.15, -0.1) is 0 Å². The number of halogens is 4. The van der Waals surface area contributed by atoms with Crippen LogP contribution in [0.1, 0.15) is 23.9 Å². The summed E-state index contributed by atoms with van der Waals surface area (Å²) in [6.45, 7) is 1.31. The molecule has 1 aliphatic rings. The Morgan fingerprint density at radius 1 is 1.13 bits per heavy atom. The molecule has 160 valence electrons. The molecule has 11 heteroatoms. The number of nitrogens with zero attached hydrogens (tertiary/aromatic N) is 3. The van der Waals surface area contributed by atoms with Crippen LogP contribution in [0.3, 0.4) is 0 Å². The fraction of sp³-hybridized carbons (Fsp3) is 0.200. The van der Waals surface area contributed by atoms with Gasteiger partial charge < -0.3 is 9.84 Å². The highest BCUT2D eigenvalue weighted by molar-refractivity contribution is 9.10. The standard InChI is InChI=1S/C20H14BrF3N4O3/c1-19(13-4-2-3-5-14(13)21)17(29)28(18(30)26-19)10-15-25-16(27-31-15)11-6-8-12(9-7-11)20(22,23)24/h2-9H,10H2,1H3,(H,26,30). The lowest BCUT2D eigenvalue weighted by atomic mass is 9.92. The number of alkyl halides is 3. The van der Waals surface area contributed by atoms with Crippen molar-refractivity contribution >= 4 is 27.9 Å². The number of imide groups is 1. The number of hydrogen-bond acceptors (Lipinski definition) is 5.